The van der Waals surface area contributed by atoms with E-state index in [1.54, 1.807) is 24.6 Å². The molecule has 2 atom stereocenters. The molecule has 0 aliphatic heterocycles. The van der Waals surface area contributed by atoms with Gasteiger partial charge in [0, 0.05) is 12.4 Å². The lowest BCUT2D eigenvalue weighted by molar-refractivity contribution is -0.128. The van der Waals surface area contributed by atoms with Gasteiger partial charge in [0.15, 0.2) is 5.78 Å². The highest BCUT2D eigenvalue weighted by Gasteiger charge is 2.27. The third-order valence-corrected chi connectivity index (χ3v) is 5.85. The van der Waals surface area contributed by atoms with Crippen molar-refractivity contribution in [2.24, 2.45) is 5.92 Å². The van der Waals surface area contributed by atoms with E-state index >= 15 is 0 Å². The molecule has 2 unspecified atom stereocenters. The summed E-state index contributed by atoms with van der Waals surface area (Å²) in [6.07, 6.45) is 7.46. The normalized spacial score (nSPS) is 12.9. The number of amides is 2. The van der Waals surface area contributed by atoms with E-state index < -0.39 is 12.1 Å². The lowest BCUT2D eigenvalue weighted by Crippen LogP contribution is -2.52. The zero-order valence-corrected chi connectivity index (χ0v) is 19.8. The fourth-order valence-electron chi connectivity index (χ4n) is 3.18. The van der Waals surface area contributed by atoms with Crippen LogP contribution in [0.4, 0.5) is 0 Å². The van der Waals surface area contributed by atoms with Crippen LogP contribution in [0.25, 0.3) is 0 Å². The molecule has 2 aromatic rings. The van der Waals surface area contributed by atoms with Crippen LogP contribution >= 0.6 is 11.8 Å². The molecular formula is C24H33N3O4S. The van der Waals surface area contributed by atoms with Crippen LogP contribution in [0.15, 0.2) is 47.3 Å². The highest BCUT2D eigenvalue weighted by Crippen LogP contribution is 2.15. The molecule has 0 spiro atoms. The Morgan fingerprint density at radius 3 is 2.56 bits per heavy atom. The molecule has 8 heteroatoms. The van der Waals surface area contributed by atoms with E-state index in [4.69, 9.17) is 4.42 Å². The van der Waals surface area contributed by atoms with E-state index in [-0.39, 0.29) is 29.3 Å². The predicted octanol–water partition coefficient (Wildman–Crippen LogP) is 4.00. The molecular weight excluding hydrogens is 426 g/mol. The first kappa shape index (κ1) is 25.6. The van der Waals surface area contributed by atoms with E-state index in [0.717, 1.165) is 18.6 Å². The zero-order valence-electron chi connectivity index (χ0n) is 19.0. The summed E-state index contributed by atoms with van der Waals surface area (Å²) in [5.74, 6) is 1.17. The fourth-order valence-corrected chi connectivity index (χ4v) is 4.05. The maximum Gasteiger partial charge on any atom is 0.253 e. The lowest BCUT2D eigenvalue weighted by Gasteiger charge is -2.24. The number of carbonyl (C=O) groups excluding carboxylic acids is 3. The topological polar surface area (TPSA) is 101 Å². The molecule has 0 saturated carbocycles. The smallest absolute Gasteiger partial charge is 0.253 e. The SMILES string of the molecule is CCCCC(NC(=O)C(CC(C)C)NC(=O)c1cccnc1)C(=O)CSCc1ccco1. The van der Waals surface area contributed by atoms with Crippen molar-refractivity contribution >= 4 is 29.4 Å². The van der Waals surface area contributed by atoms with Gasteiger partial charge in [-0.05, 0) is 43.0 Å². The maximum atomic E-state index is 13.1. The van der Waals surface area contributed by atoms with Crippen molar-refractivity contribution in [3.63, 3.8) is 0 Å². The Balaban J connectivity index is 2.00. The molecule has 0 aromatic carbocycles. The zero-order chi connectivity index (χ0) is 23.3. The monoisotopic (exact) mass is 459 g/mol. The van der Waals surface area contributed by atoms with Gasteiger partial charge in [0.25, 0.3) is 5.91 Å². The number of hydrogen-bond donors (Lipinski definition) is 2. The van der Waals surface area contributed by atoms with Gasteiger partial charge in [-0.1, -0.05) is 33.6 Å². The van der Waals surface area contributed by atoms with Crippen LogP contribution in [0.1, 0.15) is 62.6 Å². The minimum Gasteiger partial charge on any atom is -0.468 e. The van der Waals surface area contributed by atoms with Gasteiger partial charge in [-0.15, -0.1) is 11.8 Å². The van der Waals surface area contributed by atoms with Crippen LogP contribution in [0.2, 0.25) is 0 Å². The predicted molar refractivity (Wildman–Crippen MR) is 126 cm³/mol. The Morgan fingerprint density at radius 2 is 1.94 bits per heavy atom. The van der Waals surface area contributed by atoms with Crippen LogP contribution < -0.4 is 10.6 Å². The molecule has 174 valence electrons. The molecule has 0 saturated heterocycles. The number of nitrogens with zero attached hydrogens (tertiary/aromatic N) is 1. The second-order valence-electron chi connectivity index (χ2n) is 8.14. The van der Waals surface area contributed by atoms with Gasteiger partial charge in [-0.25, -0.2) is 0 Å². The van der Waals surface area contributed by atoms with Crippen molar-refractivity contribution < 1.29 is 18.8 Å². The maximum absolute atomic E-state index is 13.1. The minimum absolute atomic E-state index is 0.0229. The van der Waals surface area contributed by atoms with Gasteiger partial charge in [-0.3, -0.25) is 19.4 Å². The molecule has 0 aliphatic rings. The van der Waals surface area contributed by atoms with Crippen LogP contribution in [-0.4, -0.2) is 40.4 Å². The quantitative estimate of drug-likeness (QED) is 0.443. The number of ketones is 1. The summed E-state index contributed by atoms with van der Waals surface area (Å²) in [5.41, 5.74) is 0.391. The van der Waals surface area contributed by atoms with E-state index in [1.165, 1.54) is 18.0 Å². The van der Waals surface area contributed by atoms with Crippen LogP contribution in [0.3, 0.4) is 0 Å². The van der Waals surface area contributed by atoms with Crippen molar-refractivity contribution in [1.29, 1.82) is 0 Å². The van der Waals surface area contributed by atoms with Crippen molar-refractivity contribution in [2.45, 2.75) is 64.3 Å². The number of furan rings is 1. The molecule has 2 aromatic heterocycles. The lowest BCUT2D eigenvalue weighted by atomic mass is 10.0. The number of Topliss-reactive ketones (excluding diaryl/α,β-unsaturated/α-hetero) is 1. The van der Waals surface area contributed by atoms with Crippen molar-refractivity contribution in [1.82, 2.24) is 15.6 Å². The van der Waals surface area contributed by atoms with Gasteiger partial charge in [0.1, 0.15) is 11.8 Å². The van der Waals surface area contributed by atoms with Crippen LogP contribution in [0, 0.1) is 5.92 Å². The third kappa shape index (κ3) is 8.86. The van der Waals surface area contributed by atoms with Crippen molar-refractivity contribution in [2.75, 3.05) is 5.75 Å². The summed E-state index contributed by atoms with van der Waals surface area (Å²) >= 11 is 1.46. The summed E-state index contributed by atoms with van der Waals surface area (Å²) in [6, 6.07) is 5.71. The number of carbonyl (C=O) groups is 3. The molecule has 0 fully saturated rings. The largest absolute Gasteiger partial charge is 0.468 e. The second-order valence-corrected chi connectivity index (χ2v) is 9.12. The van der Waals surface area contributed by atoms with Crippen molar-refractivity contribution in [3.05, 3.63) is 54.2 Å². The molecule has 2 amide bonds. The molecule has 2 heterocycles. The Kier molecular flexibility index (Phi) is 11.0. The van der Waals surface area contributed by atoms with Crippen molar-refractivity contribution in [3.8, 4) is 0 Å². The summed E-state index contributed by atoms with van der Waals surface area (Å²) in [5, 5.41) is 5.71. The molecule has 7 nitrogen and oxygen atoms in total. The summed E-state index contributed by atoms with van der Waals surface area (Å²) in [7, 11) is 0. The molecule has 0 radical (unpaired) electrons. The van der Waals surface area contributed by atoms with E-state index in [2.05, 4.69) is 15.6 Å². The second kappa shape index (κ2) is 13.7. The Labute approximate surface area is 194 Å². The fraction of sp³-hybridized carbons (Fsp3) is 0.500. The van der Waals surface area contributed by atoms with Gasteiger partial charge >= 0.3 is 0 Å². The number of nitrogens with one attached hydrogen (secondary N) is 2. The summed E-state index contributed by atoms with van der Waals surface area (Å²) in [6.45, 7) is 6.02. The standard InChI is InChI=1S/C24H33N3O4S/c1-4-5-10-20(22(28)16-32-15-19-9-7-12-31-19)26-24(30)21(13-17(2)3)27-23(29)18-8-6-11-25-14-18/h6-9,11-12,14,17,20-21H,4-5,10,13,15-16H2,1-3H3,(H,26,30)(H,27,29). The number of unbranched alkanes of at least 4 members (excludes halogenated alkanes) is 1. The van der Waals surface area contributed by atoms with E-state index in [1.807, 2.05) is 32.9 Å². The molecule has 2 N–H and O–H groups in total. The van der Waals surface area contributed by atoms with E-state index in [0.29, 0.717) is 24.2 Å². The Morgan fingerprint density at radius 1 is 1.12 bits per heavy atom. The molecule has 0 aliphatic carbocycles. The van der Waals surface area contributed by atoms with Gasteiger partial charge in [0.05, 0.1) is 29.4 Å². The van der Waals surface area contributed by atoms with E-state index in [9.17, 15) is 14.4 Å². The van der Waals surface area contributed by atoms with Gasteiger partial charge in [0.2, 0.25) is 5.91 Å². The number of aromatic nitrogens is 1. The Bertz CT molecular complexity index is 840. The molecule has 32 heavy (non-hydrogen) atoms. The number of hydrogen-bond acceptors (Lipinski definition) is 6. The third-order valence-electron chi connectivity index (χ3n) is 4.87. The first-order valence-electron chi connectivity index (χ1n) is 11.0. The number of thioether (sulfide) groups is 1. The van der Waals surface area contributed by atoms with Gasteiger partial charge < -0.3 is 15.1 Å². The average molecular weight is 460 g/mol. The highest BCUT2D eigenvalue weighted by molar-refractivity contribution is 7.99. The van der Waals surface area contributed by atoms with Crippen LogP contribution in [-0.2, 0) is 15.3 Å². The summed E-state index contributed by atoms with van der Waals surface area (Å²) < 4.78 is 5.30. The number of pyridine rings is 1. The number of rotatable bonds is 14. The first-order valence-corrected chi connectivity index (χ1v) is 12.2. The summed E-state index contributed by atoms with van der Waals surface area (Å²) in [4.78, 5) is 42.4. The Hall–Kier alpha value is -2.61. The average Bonchev–Trinajstić information content (AvgIpc) is 3.29. The van der Waals surface area contributed by atoms with Gasteiger partial charge in [-0.2, -0.15) is 0 Å². The first-order chi connectivity index (χ1) is 15.4. The highest BCUT2D eigenvalue weighted by atomic mass is 32.2. The minimum atomic E-state index is -0.726. The molecule has 0 bridgehead atoms. The van der Waals surface area contributed by atoms with Crippen LogP contribution in [0.5, 0.6) is 0 Å². The molecule has 2 rings (SSSR count).